The van der Waals surface area contributed by atoms with E-state index in [-0.39, 0.29) is 0 Å². The molecule has 0 saturated heterocycles. The van der Waals surface area contributed by atoms with Crippen molar-refractivity contribution >= 4 is 5.69 Å². The Morgan fingerprint density at radius 2 is 1.50 bits per heavy atom. The molecule has 1 N–H and O–H groups in total. The molecular formula is C25H29NO2. The van der Waals surface area contributed by atoms with Crippen LogP contribution >= 0.6 is 0 Å². The second-order valence-electron chi connectivity index (χ2n) is 6.98. The molecule has 0 bridgehead atoms. The molecule has 3 aromatic carbocycles. The van der Waals surface area contributed by atoms with E-state index in [1.807, 2.05) is 36.4 Å². The molecule has 0 heterocycles. The monoisotopic (exact) mass is 375 g/mol. The van der Waals surface area contributed by atoms with Gasteiger partial charge in [-0.2, -0.15) is 0 Å². The number of hydrogen-bond acceptors (Lipinski definition) is 3. The van der Waals surface area contributed by atoms with Gasteiger partial charge in [-0.05, 0) is 56.0 Å². The summed E-state index contributed by atoms with van der Waals surface area (Å²) in [6.45, 7) is 6.19. The first kappa shape index (κ1) is 19.8. The average molecular weight is 376 g/mol. The predicted molar refractivity (Wildman–Crippen MR) is 117 cm³/mol. The summed E-state index contributed by atoms with van der Waals surface area (Å²) in [7, 11) is 0. The lowest BCUT2D eigenvalue weighted by Gasteiger charge is -2.14. The Morgan fingerprint density at radius 1 is 0.750 bits per heavy atom. The molecule has 146 valence electrons. The van der Waals surface area contributed by atoms with Crippen LogP contribution in [-0.2, 0) is 6.42 Å². The zero-order valence-electron chi connectivity index (χ0n) is 16.8. The van der Waals surface area contributed by atoms with Gasteiger partial charge >= 0.3 is 0 Å². The van der Waals surface area contributed by atoms with Crippen molar-refractivity contribution in [1.29, 1.82) is 0 Å². The number of para-hydroxylation sites is 2. The van der Waals surface area contributed by atoms with Crippen LogP contribution in [0.2, 0.25) is 0 Å². The Balaban J connectivity index is 1.43. The van der Waals surface area contributed by atoms with Gasteiger partial charge in [0.15, 0.2) is 0 Å². The van der Waals surface area contributed by atoms with E-state index < -0.39 is 0 Å². The molecular weight excluding hydrogens is 346 g/mol. The number of benzene rings is 3. The van der Waals surface area contributed by atoms with E-state index in [4.69, 9.17) is 9.47 Å². The number of hydrogen-bond donors (Lipinski definition) is 1. The highest BCUT2D eigenvalue weighted by Crippen LogP contribution is 2.24. The van der Waals surface area contributed by atoms with Crippen LogP contribution in [0.25, 0.3) is 0 Å². The molecule has 0 spiro atoms. The van der Waals surface area contributed by atoms with Gasteiger partial charge < -0.3 is 14.8 Å². The maximum atomic E-state index is 6.00. The summed E-state index contributed by atoms with van der Waals surface area (Å²) in [6, 6.07) is 24.9. The SMILES string of the molecule is Cc1ccc(OCCNc2ccccc2OCCCc2ccccc2)c(C)c1. The molecule has 0 aromatic heterocycles. The number of nitrogens with one attached hydrogen (secondary N) is 1. The third-order valence-electron chi connectivity index (χ3n) is 4.60. The van der Waals surface area contributed by atoms with E-state index in [0.29, 0.717) is 13.2 Å². The molecule has 0 aliphatic carbocycles. The van der Waals surface area contributed by atoms with E-state index in [2.05, 4.69) is 55.6 Å². The Bertz CT molecular complexity index is 861. The van der Waals surface area contributed by atoms with Crippen molar-refractivity contribution < 1.29 is 9.47 Å². The van der Waals surface area contributed by atoms with E-state index in [1.54, 1.807) is 0 Å². The molecule has 0 aliphatic rings. The predicted octanol–water partition coefficient (Wildman–Crippen LogP) is 5.81. The van der Waals surface area contributed by atoms with Crippen LogP contribution < -0.4 is 14.8 Å². The highest BCUT2D eigenvalue weighted by Gasteiger charge is 2.04. The Hall–Kier alpha value is -2.94. The molecule has 0 aliphatic heterocycles. The fourth-order valence-corrected chi connectivity index (χ4v) is 3.15. The summed E-state index contributed by atoms with van der Waals surface area (Å²) >= 11 is 0. The van der Waals surface area contributed by atoms with Crippen molar-refractivity contribution in [3.05, 3.63) is 89.5 Å². The Labute approximate surface area is 168 Å². The van der Waals surface area contributed by atoms with Crippen LogP contribution in [-0.4, -0.2) is 19.8 Å². The number of anilines is 1. The molecule has 0 saturated carbocycles. The third kappa shape index (κ3) is 6.05. The Morgan fingerprint density at radius 3 is 2.32 bits per heavy atom. The van der Waals surface area contributed by atoms with Gasteiger partial charge in [0.05, 0.1) is 12.3 Å². The van der Waals surface area contributed by atoms with E-state index in [1.165, 1.54) is 16.7 Å². The molecule has 3 heteroatoms. The van der Waals surface area contributed by atoms with Crippen LogP contribution in [0.15, 0.2) is 72.8 Å². The quantitative estimate of drug-likeness (QED) is 0.454. The second-order valence-corrected chi connectivity index (χ2v) is 6.98. The van der Waals surface area contributed by atoms with E-state index in [0.717, 1.165) is 36.6 Å². The molecule has 3 aromatic rings. The highest BCUT2D eigenvalue weighted by atomic mass is 16.5. The van der Waals surface area contributed by atoms with Crippen molar-refractivity contribution in [3.8, 4) is 11.5 Å². The standard InChI is InChI=1S/C25H29NO2/c1-20-14-15-24(21(2)19-20)28-18-16-26-23-12-6-7-13-25(23)27-17-8-11-22-9-4-3-5-10-22/h3-7,9-10,12-15,19,26H,8,11,16-18H2,1-2H3. The van der Waals surface area contributed by atoms with Crippen LogP contribution in [0.3, 0.4) is 0 Å². The number of ether oxygens (including phenoxy) is 2. The smallest absolute Gasteiger partial charge is 0.142 e. The van der Waals surface area contributed by atoms with Crippen molar-refractivity contribution in [2.75, 3.05) is 25.1 Å². The van der Waals surface area contributed by atoms with Crippen LogP contribution in [0.4, 0.5) is 5.69 Å². The first-order valence-electron chi connectivity index (χ1n) is 9.92. The van der Waals surface area contributed by atoms with Crippen LogP contribution in [0, 0.1) is 13.8 Å². The maximum Gasteiger partial charge on any atom is 0.142 e. The summed E-state index contributed by atoms with van der Waals surface area (Å²) in [4.78, 5) is 0. The summed E-state index contributed by atoms with van der Waals surface area (Å²) in [5.41, 5.74) is 4.77. The fourth-order valence-electron chi connectivity index (χ4n) is 3.15. The number of rotatable bonds is 10. The largest absolute Gasteiger partial charge is 0.491 e. The van der Waals surface area contributed by atoms with Gasteiger partial charge in [0.1, 0.15) is 18.1 Å². The lowest BCUT2D eigenvalue weighted by Crippen LogP contribution is -2.13. The minimum Gasteiger partial charge on any atom is -0.491 e. The molecule has 0 radical (unpaired) electrons. The van der Waals surface area contributed by atoms with Crippen LogP contribution in [0.5, 0.6) is 11.5 Å². The fraction of sp³-hybridized carbons (Fsp3) is 0.280. The van der Waals surface area contributed by atoms with Gasteiger partial charge in [-0.1, -0.05) is 60.2 Å². The van der Waals surface area contributed by atoms with Crippen molar-refractivity contribution in [3.63, 3.8) is 0 Å². The summed E-state index contributed by atoms with van der Waals surface area (Å²) in [5.74, 6) is 1.83. The zero-order valence-corrected chi connectivity index (χ0v) is 16.8. The van der Waals surface area contributed by atoms with Crippen molar-refractivity contribution in [1.82, 2.24) is 0 Å². The average Bonchev–Trinajstić information content (AvgIpc) is 2.71. The van der Waals surface area contributed by atoms with Gasteiger partial charge in [0.25, 0.3) is 0 Å². The minimum atomic E-state index is 0.603. The first-order chi connectivity index (χ1) is 13.7. The van der Waals surface area contributed by atoms with Gasteiger partial charge in [0.2, 0.25) is 0 Å². The van der Waals surface area contributed by atoms with Gasteiger partial charge in [-0.25, -0.2) is 0 Å². The third-order valence-corrected chi connectivity index (χ3v) is 4.60. The first-order valence-corrected chi connectivity index (χ1v) is 9.92. The van der Waals surface area contributed by atoms with Gasteiger partial charge in [-0.3, -0.25) is 0 Å². The van der Waals surface area contributed by atoms with E-state index in [9.17, 15) is 0 Å². The van der Waals surface area contributed by atoms with Crippen LogP contribution in [0.1, 0.15) is 23.1 Å². The molecule has 0 unspecified atom stereocenters. The molecule has 0 atom stereocenters. The molecule has 0 amide bonds. The van der Waals surface area contributed by atoms with Crippen molar-refractivity contribution in [2.24, 2.45) is 0 Å². The Kier molecular flexibility index (Phi) is 7.36. The number of aryl methyl sites for hydroxylation is 3. The lowest BCUT2D eigenvalue weighted by molar-refractivity contribution is 0.311. The normalized spacial score (nSPS) is 10.5. The second kappa shape index (κ2) is 10.4. The van der Waals surface area contributed by atoms with Crippen molar-refractivity contribution in [2.45, 2.75) is 26.7 Å². The maximum absolute atomic E-state index is 6.00. The summed E-state index contributed by atoms with van der Waals surface area (Å²) in [6.07, 6.45) is 2.02. The zero-order chi connectivity index (χ0) is 19.6. The van der Waals surface area contributed by atoms with Gasteiger partial charge in [-0.15, -0.1) is 0 Å². The topological polar surface area (TPSA) is 30.5 Å². The summed E-state index contributed by atoms with van der Waals surface area (Å²) in [5, 5.41) is 3.42. The highest BCUT2D eigenvalue weighted by molar-refractivity contribution is 5.56. The molecule has 0 fully saturated rings. The summed E-state index contributed by atoms with van der Waals surface area (Å²) < 4.78 is 11.9. The molecule has 3 nitrogen and oxygen atoms in total. The van der Waals surface area contributed by atoms with Gasteiger partial charge in [0, 0.05) is 6.54 Å². The molecule has 28 heavy (non-hydrogen) atoms. The molecule has 3 rings (SSSR count). The van der Waals surface area contributed by atoms with E-state index >= 15 is 0 Å². The lowest BCUT2D eigenvalue weighted by atomic mass is 10.1. The minimum absolute atomic E-state index is 0.603.